The van der Waals surface area contributed by atoms with Gasteiger partial charge in [-0.3, -0.25) is 5.32 Å². The summed E-state index contributed by atoms with van der Waals surface area (Å²) < 4.78 is 4.55. The Morgan fingerprint density at radius 3 is 1.90 bits per heavy atom. The minimum atomic E-state index is -1.04. The first kappa shape index (κ1) is 15.0. The summed E-state index contributed by atoms with van der Waals surface area (Å²) in [5.41, 5.74) is 5.36. The van der Waals surface area contributed by atoms with E-state index >= 15 is 0 Å². The van der Waals surface area contributed by atoms with E-state index in [2.05, 4.69) is 10.1 Å². The second-order valence-corrected chi connectivity index (χ2v) is 3.53. The molecule has 20 heavy (non-hydrogen) atoms. The lowest BCUT2D eigenvalue weighted by molar-refractivity contribution is 0.209. The van der Waals surface area contributed by atoms with E-state index in [1.54, 1.807) is 48.5 Å². The van der Waals surface area contributed by atoms with Crippen molar-refractivity contribution in [1.29, 1.82) is 0 Å². The third-order valence-electron chi connectivity index (χ3n) is 1.99. The quantitative estimate of drug-likeness (QED) is 0.783. The molecule has 104 valence electrons. The topological polar surface area (TPSA) is 102 Å². The number of nitrogens with two attached hydrogens (primary N) is 1. The van der Waals surface area contributed by atoms with Crippen molar-refractivity contribution in [2.24, 2.45) is 5.73 Å². The smallest absolute Gasteiger partial charge is 0.409 e. The molecule has 6 nitrogen and oxygen atoms in total. The fraction of sp³-hybridized carbons (Fsp3) is 0. The van der Waals surface area contributed by atoms with E-state index in [0.717, 1.165) is 0 Å². The summed E-state index contributed by atoms with van der Waals surface area (Å²) in [7, 11) is 0. The summed E-state index contributed by atoms with van der Waals surface area (Å²) in [4.78, 5) is 20.2. The van der Waals surface area contributed by atoms with Crippen molar-refractivity contribution in [3.8, 4) is 5.75 Å². The van der Waals surface area contributed by atoms with E-state index in [4.69, 9.17) is 10.8 Å². The molecule has 2 aromatic rings. The van der Waals surface area contributed by atoms with Gasteiger partial charge in [0.25, 0.3) is 0 Å². The van der Waals surface area contributed by atoms with Crippen molar-refractivity contribution in [3.63, 3.8) is 0 Å². The monoisotopic (exact) mass is 274 g/mol. The molecule has 4 N–H and O–H groups in total. The number of hydrogen-bond acceptors (Lipinski definition) is 3. The molecular formula is C14H14N2O4. The number of para-hydroxylation sites is 2. The molecule has 0 saturated heterocycles. The first-order valence-corrected chi connectivity index (χ1v) is 5.65. The minimum absolute atomic E-state index is 0.468. The predicted octanol–water partition coefficient (Wildman–Crippen LogP) is 2.92. The van der Waals surface area contributed by atoms with Gasteiger partial charge in [-0.1, -0.05) is 36.4 Å². The Morgan fingerprint density at radius 1 is 0.950 bits per heavy atom. The number of ether oxygens (including phenoxy) is 1. The van der Waals surface area contributed by atoms with Crippen LogP contribution in [-0.2, 0) is 0 Å². The van der Waals surface area contributed by atoms with Gasteiger partial charge in [-0.15, -0.1) is 0 Å². The minimum Gasteiger partial charge on any atom is -0.465 e. The highest BCUT2D eigenvalue weighted by atomic mass is 16.5. The van der Waals surface area contributed by atoms with E-state index in [-0.39, 0.29) is 0 Å². The number of nitrogens with one attached hydrogen (secondary N) is 1. The lowest BCUT2D eigenvalue weighted by Gasteiger charge is -1.96. The van der Waals surface area contributed by atoms with Crippen molar-refractivity contribution in [1.82, 2.24) is 0 Å². The molecule has 0 aliphatic rings. The maximum absolute atomic E-state index is 10.2. The number of amides is 2. The molecule has 0 aliphatic heterocycles. The summed E-state index contributed by atoms with van der Waals surface area (Å²) in [6.45, 7) is 0. The SMILES string of the molecule is NC(=O)Oc1ccccc1.O=C(O)Nc1ccccc1. The second kappa shape index (κ2) is 8.15. The van der Waals surface area contributed by atoms with Gasteiger partial charge in [0.1, 0.15) is 5.75 Å². The molecule has 0 radical (unpaired) electrons. The molecule has 2 amide bonds. The zero-order chi connectivity index (χ0) is 14.8. The van der Waals surface area contributed by atoms with E-state index in [1.807, 2.05) is 12.1 Å². The van der Waals surface area contributed by atoms with Gasteiger partial charge in [0, 0.05) is 5.69 Å². The molecule has 2 aromatic carbocycles. The van der Waals surface area contributed by atoms with Crippen molar-refractivity contribution >= 4 is 17.9 Å². The zero-order valence-electron chi connectivity index (χ0n) is 10.5. The van der Waals surface area contributed by atoms with Crippen LogP contribution < -0.4 is 15.8 Å². The van der Waals surface area contributed by atoms with Gasteiger partial charge in [0.15, 0.2) is 0 Å². The number of rotatable bonds is 2. The maximum Gasteiger partial charge on any atom is 0.409 e. The average molecular weight is 274 g/mol. The average Bonchev–Trinajstić information content (AvgIpc) is 2.40. The highest BCUT2D eigenvalue weighted by Crippen LogP contribution is 2.07. The fourth-order valence-electron chi connectivity index (χ4n) is 1.25. The van der Waals surface area contributed by atoms with Crippen LogP contribution in [0.3, 0.4) is 0 Å². The number of benzene rings is 2. The van der Waals surface area contributed by atoms with Gasteiger partial charge in [0.05, 0.1) is 0 Å². The molecule has 0 atom stereocenters. The number of primary amides is 1. The molecule has 0 fully saturated rings. The van der Waals surface area contributed by atoms with E-state index < -0.39 is 12.2 Å². The van der Waals surface area contributed by atoms with E-state index in [0.29, 0.717) is 11.4 Å². The second-order valence-electron chi connectivity index (χ2n) is 3.53. The Morgan fingerprint density at radius 2 is 1.45 bits per heavy atom. The molecule has 0 saturated carbocycles. The van der Waals surface area contributed by atoms with Crippen LogP contribution in [0, 0.1) is 0 Å². The van der Waals surface area contributed by atoms with Gasteiger partial charge in [-0.05, 0) is 24.3 Å². The largest absolute Gasteiger partial charge is 0.465 e. The van der Waals surface area contributed by atoms with Crippen LogP contribution >= 0.6 is 0 Å². The van der Waals surface area contributed by atoms with Gasteiger partial charge in [-0.25, -0.2) is 9.59 Å². The number of hydrogen-bond donors (Lipinski definition) is 3. The van der Waals surface area contributed by atoms with Crippen LogP contribution in [0.15, 0.2) is 60.7 Å². The van der Waals surface area contributed by atoms with E-state index in [1.165, 1.54) is 0 Å². The van der Waals surface area contributed by atoms with Crippen molar-refractivity contribution < 1.29 is 19.4 Å². The summed E-state index contributed by atoms with van der Waals surface area (Å²) in [6.07, 6.45) is -1.82. The Bertz CT molecular complexity index is 492. The Hall–Kier alpha value is -3.02. The first-order chi connectivity index (χ1) is 9.58. The van der Waals surface area contributed by atoms with Crippen LogP contribution in [0.4, 0.5) is 15.3 Å². The third kappa shape index (κ3) is 6.65. The summed E-state index contributed by atoms with van der Waals surface area (Å²) in [6, 6.07) is 17.4. The van der Waals surface area contributed by atoms with Crippen molar-refractivity contribution in [3.05, 3.63) is 60.7 Å². The number of anilines is 1. The van der Waals surface area contributed by atoms with Gasteiger partial charge >= 0.3 is 12.2 Å². The Balaban J connectivity index is 0.000000200. The summed E-state index contributed by atoms with van der Waals surface area (Å²) in [5, 5.41) is 10.5. The molecular weight excluding hydrogens is 260 g/mol. The van der Waals surface area contributed by atoms with Crippen molar-refractivity contribution in [2.45, 2.75) is 0 Å². The van der Waals surface area contributed by atoms with Crippen LogP contribution in [0.2, 0.25) is 0 Å². The standard InChI is InChI=1S/2C7H7NO2/c8-7(9)10-6-4-2-1-3-5-6;9-7(10)8-6-4-2-1-3-5-6/h1-5H,(H2,8,9);1-5,8H,(H,9,10). The van der Waals surface area contributed by atoms with Crippen LogP contribution in [0.5, 0.6) is 5.75 Å². The lowest BCUT2D eigenvalue weighted by atomic mass is 10.3. The van der Waals surface area contributed by atoms with Gasteiger partial charge in [0.2, 0.25) is 0 Å². The van der Waals surface area contributed by atoms with Crippen LogP contribution in [0.25, 0.3) is 0 Å². The Kier molecular flexibility index (Phi) is 6.13. The molecule has 0 spiro atoms. The zero-order valence-corrected chi connectivity index (χ0v) is 10.5. The first-order valence-electron chi connectivity index (χ1n) is 5.65. The van der Waals surface area contributed by atoms with Gasteiger partial charge in [-0.2, -0.15) is 0 Å². The van der Waals surface area contributed by atoms with Gasteiger partial charge < -0.3 is 15.6 Å². The van der Waals surface area contributed by atoms with Crippen LogP contribution in [0.1, 0.15) is 0 Å². The normalized spacial score (nSPS) is 8.80. The fourth-order valence-corrected chi connectivity index (χ4v) is 1.25. The predicted molar refractivity (Wildman–Crippen MR) is 74.7 cm³/mol. The molecule has 0 bridgehead atoms. The third-order valence-corrected chi connectivity index (χ3v) is 1.99. The van der Waals surface area contributed by atoms with E-state index in [9.17, 15) is 9.59 Å². The number of carbonyl (C=O) groups is 2. The molecule has 6 heteroatoms. The Labute approximate surface area is 115 Å². The number of carbonyl (C=O) groups excluding carboxylic acids is 1. The highest BCUT2D eigenvalue weighted by Gasteiger charge is 1.94. The summed E-state index contributed by atoms with van der Waals surface area (Å²) in [5.74, 6) is 0.468. The molecule has 0 heterocycles. The van der Waals surface area contributed by atoms with Crippen molar-refractivity contribution in [2.75, 3.05) is 5.32 Å². The summed E-state index contributed by atoms with van der Waals surface area (Å²) >= 11 is 0. The van der Waals surface area contributed by atoms with Crippen LogP contribution in [-0.4, -0.2) is 17.3 Å². The molecule has 0 aromatic heterocycles. The molecule has 0 aliphatic carbocycles. The highest BCUT2D eigenvalue weighted by molar-refractivity contribution is 5.82. The molecule has 2 rings (SSSR count). The number of carboxylic acid groups (broad SMARTS) is 1. The maximum atomic E-state index is 10.2. The molecule has 0 unspecified atom stereocenters. The lowest BCUT2D eigenvalue weighted by Crippen LogP contribution is -2.15.